The summed E-state index contributed by atoms with van der Waals surface area (Å²) in [6.45, 7) is 18.0. The van der Waals surface area contributed by atoms with Crippen molar-refractivity contribution in [1.82, 2.24) is 9.55 Å². The van der Waals surface area contributed by atoms with E-state index >= 15 is 0 Å². The topological polar surface area (TPSA) is 41.6 Å². The van der Waals surface area contributed by atoms with Crippen LogP contribution in [0, 0.1) is 28.6 Å². The highest BCUT2D eigenvalue weighted by Gasteiger charge is 2.39. The zero-order valence-electron chi connectivity index (χ0n) is 21.6. The third-order valence-corrected chi connectivity index (χ3v) is 7.39. The zero-order chi connectivity index (χ0) is 24.3. The van der Waals surface area contributed by atoms with Crippen LogP contribution in [0.1, 0.15) is 90.6 Å². The second-order valence-corrected chi connectivity index (χ2v) is 10.4. The van der Waals surface area contributed by atoms with Gasteiger partial charge >= 0.3 is 0 Å². The van der Waals surface area contributed by atoms with E-state index < -0.39 is 0 Å². The molecule has 0 amide bonds. The molecule has 1 aliphatic rings. The molecule has 0 spiro atoms. The Labute approximate surface area is 200 Å². The van der Waals surface area contributed by atoms with E-state index in [-0.39, 0.29) is 11.3 Å². The summed E-state index contributed by atoms with van der Waals surface area (Å²) in [6.07, 6.45) is 13.5. The first kappa shape index (κ1) is 24.8. The predicted octanol–water partition coefficient (Wildman–Crippen LogP) is 8.21. The molecule has 3 nitrogen and oxygen atoms in total. The van der Waals surface area contributed by atoms with Crippen LogP contribution in [0.15, 0.2) is 60.5 Å². The summed E-state index contributed by atoms with van der Waals surface area (Å²) in [4.78, 5) is 4.90. The van der Waals surface area contributed by atoms with E-state index in [9.17, 15) is 5.26 Å². The van der Waals surface area contributed by atoms with E-state index in [1.807, 2.05) is 6.20 Å². The van der Waals surface area contributed by atoms with E-state index in [2.05, 4.69) is 115 Å². The highest BCUT2D eigenvalue weighted by molar-refractivity contribution is 5.72. The lowest BCUT2D eigenvalue weighted by molar-refractivity contribution is 0.221. The van der Waals surface area contributed by atoms with Crippen molar-refractivity contribution >= 4 is 5.57 Å². The molecule has 2 unspecified atom stereocenters. The Morgan fingerprint density at radius 1 is 1.12 bits per heavy atom. The van der Waals surface area contributed by atoms with Gasteiger partial charge in [-0.3, -0.25) is 4.57 Å². The first-order valence-corrected chi connectivity index (χ1v) is 12.3. The predicted molar refractivity (Wildman–Crippen MR) is 139 cm³/mol. The van der Waals surface area contributed by atoms with E-state index in [1.165, 1.54) is 16.8 Å². The Bertz CT molecular complexity index is 1090. The quantitative estimate of drug-likeness (QED) is 0.406. The van der Waals surface area contributed by atoms with Gasteiger partial charge < -0.3 is 0 Å². The maximum absolute atomic E-state index is 9.72. The van der Waals surface area contributed by atoms with Gasteiger partial charge in [-0.1, -0.05) is 84.9 Å². The first-order valence-electron chi connectivity index (χ1n) is 12.3. The van der Waals surface area contributed by atoms with Crippen LogP contribution in [0.25, 0.3) is 11.3 Å². The Morgan fingerprint density at radius 2 is 1.76 bits per heavy atom. The molecule has 174 valence electrons. The average Bonchev–Trinajstić information content (AvgIpc) is 3.27. The van der Waals surface area contributed by atoms with Crippen LogP contribution in [0.3, 0.4) is 0 Å². The fraction of sp³-hybridized carbons (Fsp3) is 0.467. The number of imidazole rings is 1. The normalized spacial score (nSPS) is 18.5. The van der Waals surface area contributed by atoms with Crippen molar-refractivity contribution in [3.05, 3.63) is 77.4 Å². The summed E-state index contributed by atoms with van der Waals surface area (Å²) in [5.74, 6) is 2.41. The lowest BCUT2D eigenvalue weighted by Gasteiger charge is -2.41. The fourth-order valence-electron chi connectivity index (χ4n) is 5.14. The number of hydrogen-bond acceptors (Lipinski definition) is 2. The Hall–Kier alpha value is -2.86. The molecule has 2 aromatic rings. The van der Waals surface area contributed by atoms with Crippen molar-refractivity contribution in [2.24, 2.45) is 17.3 Å². The number of benzene rings is 1. The minimum Gasteiger partial charge on any atom is -0.299 e. The zero-order valence-corrected chi connectivity index (χ0v) is 21.6. The third kappa shape index (κ3) is 4.62. The maximum atomic E-state index is 9.72. The first-order chi connectivity index (χ1) is 15.7. The smallest absolute Gasteiger partial charge is 0.140 e. The van der Waals surface area contributed by atoms with Crippen molar-refractivity contribution in [3.63, 3.8) is 0 Å². The largest absolute Gasteiger partial charge is 0.299 e. The molecule has 0 bridgehead atoms. The molecule has 0 saturated carbocycles. The summed E-state index contributed by atoms with van der Waals surface area (Å²) < 4.78 is 2.28. The van der Waals surface area contributed by atoms with E-state index in [0.717, 1.165) is 23.4 Å². The van der Waals surface area contributed by atoms with Gasteiger partial charge in [0, 0.05) is 29.5 Å². The minimum absolute atomic E-state index is 0.0483. The Kier molecular flexibility index (Phi) is 7.48. The summed E-state index contributed by atoms with van der Waals surface area (Å²) in [7, 11) is 0. The van der Waals surface area contributed by atoms with Crippen LogP contribution in [0.5, 0.6) is 0 Å². The highest BCUT2D eigenvalue weighted by atomic mass is 15.1. The number of nitrogens with zero attached hydrogens (tertiary/aromatic N) is 3. The molecule has 1 aromatic carbocycles. The van der Waals surface area contributed by atoms with Crippen LogP contribution in [-0.4, -0.2) is 9.55 Å². The number of nitriles is 1. The summed E-state index contributed by atoms with van der Waals surface area (Å²) in [5, 5.41) is 9.72. The maximum Gasteiger partial charge on any atom is 0.140 e. The molecule has 1 aliphatic carbocycles. The Morgan fingerprint density at radius 3 is 2.27 bits per heavy atom. The molecule has 1 aromatic heterocycles. The van der Waals surface area contributed by atoms with Crippen molar-refractivity contribution < 1.29 is 0 Å². The second kappa shape index (κ2) is 9.96. The van der Waals surface area contributed by atoms with Gasteiger partial charge in [0.2, 0.25) is 0 Å². The van der Waals surface area contributed by atoms with Crippen LogP contribution in [-0.2, 0) is 0 Å². The molecule has 3 rings (SSSR count). The van der Waals surface area contributed by atoms with Gasteiger partial charge in [0.05, 0.1) is 11.8 Å². The molecule has 0 aliphatic heterocycles. The van der Waals surface area contributed by atoms with Crippen molar-refractivity contribution in [1.29, 1.82) is 5.26 Å². The summed E-state index contributed by atoms with van der Waals surface area (Å²) in [5.41, 5.74) is 5.71. The monoisotopic (exact) mass is 441 g/mol. The van der Waals surface area contributed by atoms with E-state index in [1.54, 1.807) is 0 Å². The van der Waals surface area contributed by atoms with Crippen molar-refractivity contribution in [3.8, 4) is 11.8 Å². The summed E-state index contributed by atoms with van der Waals surface area (Å²) >= 11 is 0. The van der Waals surface area contributed by atoms with Gasteiger partial charge in [0.25, 0.3) is 0 Å². The van der Waals surface area contributed by atoms with Crippen LogP contribution < -0.4 is 0 Å². The third-order valence-electron chi connectivity index (χ3n) is 7.39. The van der Waals surface area contributed by atoms with Gasteiger partial charge in [-0.15, -0.1) is 0 Å². The molecule has 0 radical (unpaired) electrons. The minimum atomic E-state index is -0.0483. The molecule has 33 heavy (non-hydrogen) atoms. The van der Waals surface area contributed by atoms with Crippen molar-refractivity contribution in [2.45, 2.75) is 73.6 Å². The molecule has 2 atom stereocenters. The molecule has 0 N–H and O–H groups in total. The number of allylic oxidation sites excluding steroid dienone is 6. The second-order valence-electron chi connectivity index (χ2n) is 10.4. The van der Waals surface area contributed by atoms with Gasteiger partial charge in [-0.2, -0.15) is 5.26 Å². The molecule has 1 heterocycles. The SMILES string of the molecule is CC=CC(C)(C(C)C)C1CC=C(C#N)C=C1c1nccn1-c1c(C(C)C)cccc1C(C)C. The summed E-state index contributed by atoms with van der Waals surface area (Å²) in [6, 6.07) is 9.02. The van der Waals surface area contributed by atoms with E-state index in [0.29, 0.717) is 17.8 Å². The molecule has 3 heteroatoms. The fourth-order valence-corrected chi connectivity index (χ4v) is 5.14. The number of rotatable bonds is 7. The standard InChI is InChI=1S/C30H39N3/c1-9-15-30(8,22(6)7)27-14-13-23(19-31)18-26(27)29-32-16-17-33(29)28-24(20(2)3)11-10-12-25(28)21(4)5/h9-13,15-18,20-22,27H,14H2,1-8H3. The average molecular weight is 442 g/mol. The lowest BCUT2D eigenvalue weighted by atomic mass is 9.63. The van der Waals surface area contributed by atoms with Gasteiger partial charge in [-0.05, 0) is 53.7 Å². The molecular formula is C30H39N3. The lowest BCUT2D eigenvalue weighted by Crippen LogP contribution is -2.33. The Balaban J connectivity index is 2.30. The van der Waals surface area contributed by atoms with Crippen LogP contribution >= 0.6 is 0 Å². The van der Waals surface area contributed by atoms with Gasteiger partial charge in [-0.25, -0.2) is 4.98 Å². The highest BCUT2D eigenvalue weighted by Crippen LogP contribution is 2.48. The molecule has 0 saturated heterocycles. The number of aromatic nitrogens is 2. The van der Waals surface area contributed by atoms with Crippen LogP contribution in [0.4, 0.5) is 0 Å². The van der Waals surface area contributed by atoms with E-state index in [4.69, 9.17) is 4.98 Å². The van der Waals surface area contributed by atoms with Gasteiger partial charge in [0.15, 0.2) is 0 Å². The van der Waals surface area contributed by atoms with Gasteiger partial charge in [0.1, 0.15) is 5.82 Å². The number of hydrogen-bond donors (Lipinski definition) is 0. The molecular weight excluding hydrogens is 402 g/mol. The number of para-hydroxylation sites is 1. The van der Waals surface area contributed by atoms with Crippen molar-refractivity contribution in [2.75, 3.05) is 0 Å². The molecule has 0 fully saturated rings. The van der Waals surface area contributed by atoms with Crippen LogP contribution in [0.2, 0.25) is 0 Å².